The molecule has 2 aliphatic heterocycles. The average molecular weight is 349 g/mol. The molecule has 1 amide bonds. The molecule has 1 saturated carbocycles. The van der Waals surface area contributed by atoms with E-state index in [1.807, 2.05) is 6.92 Å². The van der Waals surface area contributed by atoms with E-state index < -0.39 is 0 Å². The Morgan fingerprint density at radius 1 is 1.24 bits per heavy atom. The summed E-state index contributed by atoms with van der Waals surface area (Å²) < 4.78 is 11.7. The van der Waals surface area contributed by atoms with Gasteiger partial charge in [0.25, 0.3) is 0 Å². The second-order valence-corrected chi connectivity index (χ2v) is 7.22. The Kier molecular flexibility index (Phi) is 5.00. The fraction of sp³-hybridized carbons (Fsp3) is 0.824. The van der Waals surface area contributed by atoms with E-state index in [9.17, 15) is 4.79 Å². The van der Waals surface area contributed by atoms with Crippen molar-refractivity contribution in [2.75, 3.05) is 39.4 Å². The molecular weight excluding hydrogens is 322 g/mol. The van der Waals surface area contributed by atoms with E-state index in [1.165, 1.54) is 12.8 Å². The van der Waals surface area contributed by atoms with Gasteiger partial charge < -0.3 is 14.4 Å². The minimum atomic E-state index is -0.168. The van der Waals surface area contributed by atoms with E-state index in [0.717, 1.165) is 25.2 Å². The third kappa shape index (κ3) is 3.70. The molecule has 138 valence electrons. The zero-order valence-electron chi connectivity index (χ0n) is 14.8. The van der Waals surface area contributed by atoms with Gasteiger partial charge in [0.2, 0.25) is 5.91 Å². The molecule has 0 radical (unpaired) electrons. The second kappa shape index (κ2) is 7.39. The number of rotatable bonds is 3. The third-order valence-corrected chi connectivity index (χ3v) is 5.46. The lowest BCUT2D eigenvalue weighted by atomic mass is 9.90. The van der Waals surface area contributed by atoms with Crippen molar-refractivity contribution in [3.63, 3.8) is 0 Å². The highest BCUT2D eigenvalue weighted by atomic mass is 16.5. The van der Waals surface area contributed by atoms with Crippen LogP contribution in [0.5, 0.6) is 0 Å². The Labute approximate surface area is 147 Å². The van der Waals surface area contributed by atoms with Crippen LogP contribution in [0.25, 0.3) is 0 Å². The molecule has 25 heavy (non-hydrogen) atoms. The van der Waals surface area contributed by atoms with E-state index in [1.54, 1.807) is 0 Å². The maximum atomic E-state index is 12.9. The summed E-state index contributed by atoms with van der Waals surface area (Å²) in [6.07, 6.45) is 4.62. The fourth-order valence-electron chi connectivity index (χ4n) is 4.19. The Balaban J connectivity index is 1.36. The van der Waals surface area contributed by atoms with Gasteiger partial charge in [0.15, 0.2) is 5.82 Å². The van der Waals surface area contributed by atoms with Crippen molar-refractivity contribution < 1.29 is 14.3 Å². The SMILES string of the molecule is Cc1nc([C@@H]2CN(CC(=O)N3CCO[C@@H]4CCCC[C@H]43)CCO2)n[nH]1. The predicted molar refractivity (Wildman–Crippen MR) is 90.0 cm³/mol. The first-order chi connectivity index (χ1) is 12.2. The smallest absolute Gasteiger partial charge is 0.237 e. The summed E-state index contributed by atoms with van der Waals surface area (Å²) in [6, 6.07) is 0.266. The summed E-state index contributed by atoms with van der Waals surface area (Å²) in [4.78, 5) is 21.5. The molecule has 1 aromatic rings. The topological polar surface area (TPSA) is 83.6 Å². The maximum absolute atomic E-state index is 12.9. The van der Waals surface area contributed by atoms with Gasteiger partial charge in [0, 0.05) is 19.6 Å². The molecule has 2 saturated heterocycles. The molecule has 1 N–H and O–H groups in total. The van der Waals surface area contributed by atoms with Gasteiger partial charge in [0.1, 0.15) is 11.9 Å². The Morgan fingerprint density at radius 3 is 2.92 bits per heavy atom. The summed E-state index contributed by atoms with van der Waals surface area (Å²) in [6.45, 7) is 5.71. The van der Waals surface area contributed by atoms with E-state index in [2.05, 4.69) is 25.0 Å². The second-order valence-electron chi connectivity index (χ2n) is 7.22. The average Bonchev–Trinajstić information content (AvgIpc) is 3.08. The zero-order valence-corrected chi connectivity index (χ0v) is 14.8. The van der Waals surface area contributed by atoms with Gasteiger partial charge in [-0.3, -0.25) is 14.8 Å². The summed E-state index contributed by atoms with van der Waals surface area (Å²) in [5, 5.41) is 7.05. The number of ether oxygens (including phenoxy) is 2. The van der Waals surface area contributed by atoms with E-state index in [0.29, 0.717) is 38.7 Å². The molecule has 3 aliphatic rings. The number of aromatic amines is 1. The lowest BCUT2D eigenvalue weighted by molar-refractivity contribution is -0.152. The molecule has 0 unspecified atom stereocenters. The molecule has 1 aliphatic carbocycles. The third-order valence-electron chi connectivity index (χ3n) is 5.46. The number of amides is 1. The van der Waals surface area contributed by atoms with Crippen LogP contribution in [0, 0.1) is 6.92 Å². The highest BCUT2D eigenvalue weighted by Crippen LogP contribution is 2.29. The van der Waals surface area contributed by atoms with E-state index in [-0.39, 0.29) is 24.2 Å². The Morgan fingerprint density at radius 2 is 2.08 bits per heavy atom. The fourth-order valence-corrected chi connectivity index (χ4v) is 4.19. The van der Waals surface area contributed by atoms with Crippen molar-refractivity contribution in [3.05, 3.63) is 11.6 Å². The van der Waals surface area contributed by atoms with Gasteiger partial charge >= 0.3 is 0 Å². The minimum Gasteiger partial charge on any atom is -0.374 e. The van der Waals surface area contributed by atoms with Crippen molar-refractivity contribution in [2.24, 2.45) is 0 Å². The van der Waals surface area contributed by atoms with Crippen molar-refractivity contribution in [3.8, 4) is 0 Å². The molecule has 1 aromatic heterocycles. The summed E-state index contributed by atoms with van der Waals surface area (Å²) in [5.74, 6) is 1.67. The molecule has 4 rings (SSSR count). The maximum Gasteiger partial charge on any atom is 0.237 e. The number of aryl methyl sites for hydroxylation is 1. The minimum absolute atomic E-state index is 0.168. The van der Waals surface area contributed by atoms with Crippen LogP contribution in [-0.4, -0.2) is 82.4 Å². The van der Waals surface area contributed by atoms with Gasteiger partial charge in [-0.25, -0.2) is 4.98 Å². The number of nitrogens with zero attached hydrogens (tertiary/aromatic N) is 4. The van der Waals surface area contributed by atoms with Crippen molar-refractivity contribution in [1.82, 2.24) is 25.0 Å². The predicted octanol–water partition coefficient (Wildman–Crippen LogP) is 0.656. The van der Waals surface area contributed by atoms with Gasteiger partial charge in [-0.05, 0) is 19.8 Å². The number of hydrogen-bond donors (Lipinski definition) is 1. The van der Waals surface area contributed by atoms with Gasteiger partial charge in [0.05, 0.1) is 31.9 Å². The first-order valence-corrected chi connectivity index (χ1v) is 9.34. The van der Waals surface area contributed by atoms with Crippen molar-refractivity contribution >= 4 is 5.91 Å². The number of morpholine rings is 2. The molecule has 0 spiro atoms. The largest absolute Gasteiger partial charge is 0.374 e. The monoisotopic (exact) mass is 349 g/mol. The number of aromatic nitrogens is 3. The molecule has 0 aromatic carbocycles. The van der Waals surface area contributed by atoms with Crippen LogP contribution < -0.4 is 0 Å². The molecule has 3 heterocycles. The summed E-state index contributed by atoms with van der Waals surface area (Å²) in [5.41, 5.74) is 0. The number of nitrogens with one attached hydrogen (secondary N) is 1. The van der Waals surface area contributed by atoms with Crippen LogP contribution in [0.1, 0.15) is 43.4 Å². The van der Waals surface area contributed by atoms with Crippen molar-refractivity contribution in [1.29, 1.82) is 0 Å². The van der Waals surface area contributed by atoms with E-state index in [4.69, 9.17) is 9.47 Å². The molecule has 8 nitrogen and oxygen atoms in total. The van der Waals surface area contributed by atoms with E-state index >= 15 is 0 Å². The van der Waals surface area contributed by atoms with Crippen LogP contribution in [0.2, 0.25) is 0 Å². The number of carbonyl (C=O) groups excluding carboxylic acids is 1. The van der Waals surface area contributed by atoms with Gasteiger partial charge in [-0.15, -0.1) is 0 Å². The zero-order chi connectivity index (χ0) is 17.2. The Bertz CT molecular complexity index is 605. The highest BCUT2D eigenvalue weighted by molar-refractivity contribution is 5.78. The first kappa shape index (κ1) is 16.9. The van der Waals surface area contributed by atoms with Crippen LogP contribution in [0.15, 0.2) is 0 Å². The van der Waals surface area contributed by atoms with Crippen LogP contribution >= 0.6 is 0 Å². The van der Waals surface area contributed by atoms with Crippen LogP contribution in [0.4, 0.5) is 0 Å². The Hall–Kier alpha value is -1.51. The molecule has 3 fully saturated rings. The standard InChI is InChI=1S/C17H27N5O3/c1-12-18-17(20-19-12)15-10-21(6-8-25-15)11-16(23)22-7-9-24-14-5-3-2-4-13(14)22/h13-15H,2-11H2,1H3,(H,18,19,20)/t13-,14-,15+/m1/s1. The number of carbonyl (C=O) groups is 1. The normalized spacial score (nSPS) is 30.9. The van der Waals surface area contributed by atoms with Gasteiger partial charge in [-0.2, -0.15) is 5.10 Å². The molecule has 3 atom stereocenters. The number of hydrogen-bond acceptors (Lipinski definition) is 6. The molecule has 0 bridgehead atoms. The van der Waals surface area contributed by atoms with Gasteiger partial charge in [-0.1, -0.05) is 12.8 Å². The summed E-state index contributed by atoms with van der Waals surface area (Å²) in [7, 11) is 0. The number of fused-ring (bicyclic) bond motifs is 1. The lowest BCUT2D eigenvalue weighted by Gasteiger charge is -2.44. The first-order valence-electron chi connectivity index (χ1n) is 9.34. The number of H-pyrrole nitrogens is 1. The highest BCUT2D eigenvalue weighted by Gasteiger charge is 2.37. The lowest BCUT2D eigenvalue weighted by Crippen LogP contribution is -2.57. The summed E-state index contributed by atoms with van der Waals surface area (Å²) >= 11 is 0. The van der Waals surface area contributed by atoms with Crippen molar-refractivity contribution in [2.45, 2.75) is 50.9 Å². The van der Waals surface area contributed by atoms with Crippen LogP contribution in [0.3, 0.4) is 0 Å². The molecule has 8 heteroatoms. The van der Waals surface area contributed by atoms with Crippen LogP contribution in [-0.2, 0) is 14.3 Å². The quantitative estimate of drug-likeness (QED) is 0.863. The molecular formula is C17H27N5O3.